The first-order valence-corrected chi connectivity index (χ1v) is 24.7. The second-order valence-electron chi connectivity index (χ2n) is 14.6. The molecule has 0 N–H and O–H groups in total. The smallest absolute Gasteiger partial charge is 0.0146 e. The van der Waals surface area contributed by atoms with Crippen molar-refractivity contribution < 1.29 is 23.0 Å². The molecule has 1 heterocycles. The van der Waals surface area contributed by atoms with Crippen LogP contribution in [-0.4, -0.2) is 30.9 Å². The third-order valence-corrected chi connectivity index (χ3v) is 11.8. The van der Waals surface area contributed by atoms with Crippen LogP contribution < -0.4 is 19.3 Å². The van der Waals surface area contributed by atoms with E-state index in [-0.39, 0.29) is 0 Å². The van der Waals surface area contributed by atoms with E-state index in [4.69, 9.17) is 28.9 Å². The van der Waals surface area contributed by atoms with Crippen molar-refractivity contribution in [2.45, 2.75) is 68.2 Å². The van der Waals surface area contributed by atoms with E-state index in [1.165, 1.54) is 44.8 Å². The summed E-state index contributed by atoms with van der Waals surface area (Å²) in [7, 11) is 12.7. The molecule has 6 aromatic rings. The van der Waals surface area contributed by atoms with Crippen molar-refractivity contribution in [2.75, 3.05) is 36.1 Å². The average Bonchev–Trinajstić information content (AvgIpc) is 3.60. The van der Waals surface area contributed by atoms with Gasteiger partial charge in [-0.2, -0.15) is 6.67 Å². The molecule has 6 aromatic carbocycles. The Labute approximate surface area is 341 Å². The third kappa shape index (κ3) is 9.23. The maximum absolute atomic E-state index is 6.41. The predicted molar refractivity (Wildman–Crippen MR) is 236 cm³/mol. The van der Waals surface area contributed by atoms with Crippen molar-refractivity contribution in [1.29, 1.82) is 0 Å². The van der Waals surface area contributed by atoms with E-state index < -0.39 is 13.5 Å². The fourth-order valence-corrected chi connectivity index (χ4v) is 9.81. The van der Waals surface area contributed by atoms with E-state index >= 15 is 0 Å². The van der Waals surface area contributed by atoms with E-state index in [2.05, 4.69) is 163 Å². The largest absolute Gasteiger partial charge is 0.502 e. The predicted octanol–water partition coefficient (Wildman–Crippen LogP) is 13.3. The Morgan fingerprint density at radius 2 is 1.11 bits per heavy atom. The number of fused-ring (bicyclic) bond motifs is 2. The first kappa shape index (κ1) is 40.8. The Balaban J connectivity index is 0.000000197. The molecule has 290 valence electrons. The summed E-state index contributed by atoms with van der Waals surface area (Å²) in [4.78, 5) is 4.81. The summed E-state index contributed by atoms with van der Waals surface area (Å²) in [5, 5.41) is 4.54. The maximum atomic E-state index is 6.41. The van der Waals surface area contributed by atoms with Gasteiger partial charge in [-0.25, -0.2) is 0 Å². The molecule has 0 saturated carbocycles. The molecule has 0 aliphatic carbocycles. The van der Waals surface area contributed by atoms with Crippen LogP contribution in [0.5, 0.6) is 11.5 Å². The Kier molecular flexibility index (Phi) is 13.6. The monoisotopic (exact) mass is 861 g/mol. The molecule has 55 heavy (non-hydrogen) atoms. The number of ether oxygens (including phenoxy) is 2. The fourth-order valence-electron chi connectivity index (χ4n) is 8.05. The van der Waals surface area contributed by atoms with Crippen LogP contribution in [0.15, 0.2) is 91.0 Å². The second kappa shape index (κ2) is 18.4. The van der Waals surface area contributed by atoms with Crippen molar-refractivity contribution in [2.24, 2.45) is 0 Å². The van der Waals surface area contributed by atoms with Gasteiger partial charge in [0.1, 0.15) is 0 Å². The van der Waals surface area contributed by atoms with Crippen molar-refractivity contribution in [3.63, 3.8) is 0 Å². The molecule has 4 nitrogen and oxygen atoms in total. The SMILES string of the molecule is CCCOc1ccc2ccccc2c1-c1c(OCCC)c([CH]=[Ru]([Cl])[Cl])cc2ccccc12.Cc1cc(C)c(N2[CH-]N(c3c(C)cc(C)cc3C)CC2)c(C)c1. The molecule has 1 saturated heterocycles. The third-order valence-electron chi connectivity index (χ3n) is 9.98. The molecular weight excluding hydrogens is 809 g/mol. The molecule has 0 amide bonds. The molecule has 0 spiro atoms. The summed E-state index contributed by atoms with van der Waals surface area (Å²) in [6.45, 7) is 23.1. The zero-order chi connectivity index (χ0) is 39.2. The van der Waals surface area contributed by atoms with E-state index in [1.807, 2.05) is 4.61 Å². The minimum Gasteiger partial charge on any atom is -0.502 e. The van der Waals surface area contributed by atoms with Crippen LogP contribution in [0.4, 0.5) is 11.4 Å². The Hall–Kier alpha value is -3.89. The van der Waals surface area contributed by atoms with E-state index in [0.717, 1.165) is 75.7 Å². The van der Waals surface area contributed by atoms with Crippen molar-refractivity contribution in [1.82, 2.24) is 0 Å². The molecule has 7 heteroatoms. The second-order valence-corrected chi connectivity index (χ2v) is 20.3. The first-order chi connectivity index (χ1) is 26.5. The number of benzene rings is 6. The molecule has 1 aliphatic rings. The quantitative estimate of drug-likeness (QED) is 0.101. The molecule has 0 radical (unpaired) electrons. The minimum atomic E-state index is -2.07. The van der Waals surface area contributed by atoms with Gasteiger partial charge in [-0.3, -0.25) is 0 Å². The number of rotatable bonds is 10. The standard InChI is InChI=1S/C27H26O2.C21H27N2.2ClH.Ru/c1-4-16-28-24-15-14-20-10-6-8-12-22(20)25(24)26-23-13-9-7-11-21(23)18-19(3)27(26)29-17-5-2;1-14-9-16(3)20(17(4)10-14)22-7-8-23(13-22)21-18(5)11-15(2)12-19(21)6;;;/h3,6-15,18H,4-5,16-17H2,1-2H3;9-13H,7-8H2,1-6H3;2*1H;/q;-1;;;+2/p-2. The van der Waals surface area contributed by atoms with Gasteiger partial charge in [0.05, 0.1) is 0 Å². The van der Waals surface area contributed by atoms with Crippen LogP contribution in [-0.2, 0) is 13.5 Å². The summed E-state index contributed by atoms with van der Waals surface area (Å²) in [6, 6.07) is 32.2. The van der Waals surface area contributed by atoms with Crippen LogP contribution in [0.25, 0.3) is 32.7 Å². The number of anilines is 2. The maximum Gasteiger partial charge on any atom is 0.0146 e. The van der Waals surface area contributed by atoms with Crippen LogP contribution >= 0.6 is 19.4 Å². The van der Waals surface area contributed by atoms with E-state index in [0.29, 0.717) is 13.2 Å². The molecule has 0 bridgehead atoms. The molecule has 0 atom stereocenters. The summed E-state index contributed by atoms with van der Waals surface area (Å²) in [6.07, 6.45) is 1.84. The molecule has 7 rings (SSSR count). The van der Waals surface area contributed by atoms with Crippen LogP contribution in [0.3, 0.4) is 0 Å². The number of nitrogens with zero attached hydrogens (tertiary/aromatic N) is 2. The summed E-state index contributed by atoms with van der Waals surface area (Å²) in [5.74, 6) is 1.68. The Bertz CT molecular complexity index is 2240. The van der Waals surface area contributed by atoms with Gasteiger partial charge in [0.15, 0.2) is 0 Å². The van der Waals surface area contributed by atoms with Crippen molar-refractivity contribution in [3.8, 4) is 22.6 Å². The van der Waals surface area contributed by atoms with E-state index in [1.54, 1.807) is 0 Å². The summed E-state index contributed by atoms with van der Waals surface area (Å²) in [5.41, 5.74) is 13.9. The number of hydrogen-bond donors (Lipinski definition) is 0. The number of halogens is 2. The van der Waals surface area contributed by atoms with Gasteiger partial charge in [0, 0.05) is 24.5 Å². The first-order valence-electron chi connectivity index (χ1n) is 19.2. The molecule has 1 aliphatic heterocycles. The van der Waals surface area contributed by atoms with Crippen molar-refractivity contribution in [3.05, 3.63) is 137 Å². The molecular formula is C48H53Cl2N2O2Ru-. The topological polar surface area (TPSA) is 24.9 Å². The fraction of sp³-hybridized carbons (Fsp3) is 0.292. The van der Waals surface area contributed by atoms with Gasteiger partial charge in [-0.1, -0.05) is 35.4 Å². The van der Waals surface area contributed by atoms with Gasteiger partial charge in [-0.15, -0.1) is 0 Å². The summed E-state index contributed by atoms with van der Waals surface area (Å²) >= 11 is -2.07. The number of hydrogen-bond acceptors (Lipinski definition) is 4. The molecule has 1 fully saturated rings. The van der Waals surface area contributed by atoms with Gasteiger partial charge < -0.3 is 9.80 Å². The summed E-state index contributed by atoms with van der Waals surface area (Å²) < 4.78 is 14.7. The van der Waals surface area contributed by atoms with Gasteiger partial charge >= 0.3 is 203 Å². The molecule has 0 unspecified atom stereocenters. The Morgan fingerprint density at radius 1 is 0.618 bits per heavy atom. The van der Waals surface area contributed by atoms with Gasteiger partial charge in [-0.05, 0) is 63.8 Å². The minimum absolute atomic E-state index is 0.611. The Morgan fingerprint density at radius 3 is 1.64 bits per heavy atom. The zero-order valence-corrected chi connectivity index (χ0v) is 36.6. The van der Waals surface area contributed by atoms with E-state index in [9.17, 15) is 0 Å². The average molecular weight is 862 g/mol. The van der Waals surface area contributed by atoms with Gasteiger partial charge in [0.25, 0.3) is 0 Å². The zero-order valence-electron chi connectivity index (χ0n) is 33.4. The normalized spacial score (nSPS) is 12.9. The number of aryl methyl sites for hydroxylation is 6. The molecule has 0 aromatic heterocycles. The van der Waals surface area contributed by atoms with Gasteiger partial charge in [0.2, 0.25) is 0 Å². The van der Waals surface area contributed by atoms with Crippen LogP contribution in [0.2, 0.25) is 0 Å². The van der Waals surface area contributed by atoms with Crippen LogP contribution in [0.1, 0.15) is 65.6 Å². The van der Waals surface area contributed by atoms with Crippen LogP contribution in [0, 0.1) is 48.2 Å². The van der Waals surface area contributed by atoms with Crippen molar-refractivity contribution >= 4 is 56.9 Å².